The Balaban J connectivity index is 0.000000782. The average molecular weight is 663 g/mol. The summed E-state index contributed by atoms with van der Waals surface area (Å²) in [6.07, 6.45) is -3.31. The smallest absolute Gasteiger partial charge is 0.475 e. The van der Waals surface area contributed by atoms with E-state index in [9.17, 15) is 31.2 Å². The van der Waals surface area contributed by atoms with Crippen molar-refractivity contribution < 1.29 is 41.1 Å². The molecule has 0 saturated heterocycles. The van der Waals surface area contributed by atoms with Gasteiger partial charge in [0.1, 0.15) is 5.84 Å². The summed E-state index contributed by atoms with van der Waals surface area (Å²) < 4.78 is 59.3. The Labute approximate surface area is 251 Å². The van der Waals surface area contributed by atoms with Gasteiger partial charge in [-0.05, 0) is 48.6 Å². The molecule has 226 valence electrons. The van der Waals surface area contributed by atoms with Crippen LogP contribution in [0, 0.1) is 12.3 Å². The molecule has 2 amide bonds. The fourth-order valence-corrected chi connectivity index (χ4v) is 7.81. The van der Waals surface area contributed by atoms with Crippen molar-refractivity contribution in [1.29, 1.82) is 5.41 Å². The number of nitrogens with two attached hydrogens (primary N) is 2. The number of thioether (sulfide) groups is 2. The lowest BCUT2D eigenvalue weighted by Gasteiger charge is -2.15. The summed E-state index contributed by atoms with van der Waals surface area (Å²) in [4.78, 5) is 32.8. The van der Waals surface area contributed by atoms with Crippen LogP contribution in [0.1, 0.15) is 10.4 Å². The summed E-state index contributed by atoms with van der Waals surface area (Å²) in [7, 11) is -3.89. The Kier molecular flexibility index (Phi) is 12.0. The molecule has 0 aliphatic rings. The number of anilines is 1. The Morgan fingerprint density at radius 3 is 2.24 bits per heavy atom. The van der Waals surface area contributed by atoms with E-state index in [1.165, 1.54) is 35.2 Å². The van der Waals surface area contributed by atoms with Crippen LogP contribution in [-0.2, 0) is 24.2 Å². The van der Waals surface area contributed by atoms with Crippen LogP contribution in [-0.4, -0.2) is 61.1 Å². The van der Waals surface area contributed by atoms with Crippen molar-refractivity contribution in [2.75, 3.05) is 23.1 Å². The predicted octanol–water partition coefficient (Wildman–Crippen LogP) is 4.35. The average Bonchev–Trinajstić information content (AvgIpc) is 3.34. The molecule has 0 spiro atoms. The highest BCUT2D eigenvalue weighted by atomic mass is 32.2. The van der Waals surface area contributed by atoms with Crippen LogP contribution < -0.4 is 16.8 Å². The van der Waals surface area contributed by atoms with Gasteiger partial charge in [0.2, 0.25) is 21.7 Å². The molecule has 0 aliphatic carbocycles. The van der Waals surface area contributed by atoms with Gasteiger partial charge in [-0.1, -0.05) is 24.3 Å². The largest absolute Gasteiger partial charge is 0.490 e. The molecule has 3 rings (SSSR count). The SMILES string of the molecule is CSc1sc(C(=N)N)cc1S(=O)(=O)c1cccc(-c2c(C)cccc2NC(=O)CSCC(N)=O)c1.O=C(O)C(F)(F)F. The van der Waals surface area contributed by atoms with Crippen molar-refractivity contribution in [3.05, 3.63) is 59.0 Å². The van der Waals surface area contributed by atoms with Gasteiger partial charge in [0, 0.05) is 11.3 Å². The first kappa shape index (κ1) is 34.7. The second kappa shape index (κ2) is 14.6. The van der Waals surface area contributed by atoms with E-state index in [2.05, 4.69) is 5.32 Å². The minimum atomic E-state index is -5.08. The number of carbonyl (C=O) groups excluding carboxylic acids is 2. The summed E-state index contributed by atoms with van der Waals surface area (Å²) in [6.45, 7) is 1.87. The number of halogens is 3. The Hall–Kier alpha value is -3.54. The Morgan fingerprint density at radius 2 is 1.69 bits per heavy atom. The maximum atomic E-state index is 13.5. The number of amidine groups is 1. The molecule has 1 aromatic heterocycles. The van der Waals surface area contributed by atoms with Crippen LogP contribution in [0.15, 0.2) is 62.5 Å². The van der Waals surface area contributed by atoms with Crippen LogP contribution in [0.3, 0.4) is 0 Å². The minimum absolute atomic E-state index is 0.0416. The third-order valence-electron chi connectivity index (χ3n) is 5.11. The van der Waals surface area contributed by atoms with Gasteiger partial charge in [-0.3, -0.25) is 15.0 Å². The van der Waals surface area contributed by atoms with Crippen LogP contribution in [0.2, 0.25) is 0 Å². The number of hydrogen-bond acceptors (Lipinski definition) is 9. The van der Waals surface area contributed by atoms with E-state index in [1.54, 1.807) is 36.6 Å². The molecule has 0 atom stereocenters. The quantitative estimate of drug-likeness (QED) is 0.119. The number of benzene rings is 2. The maximum Gasteiger partial charge on any atom is 0.490 e. The topological polar surface area (TPSA) is 193 Å². The third kappa shape index (κ3) is 9.23. The lowest BCUT2D eigenvalue weighted by Crippen LogP contribution is -2.21. The number of carboxylic acids is 1. The number of thiophene rings is 1. The minimum Gasteiger partial charge on any atom is -0.475 e. The Morgan fingerprint density at radius 1 is 1.07 bits per heavy atom. The van der Waals surface area contributed by atoms with E-state index >= 15 is 0 Å². The Bertz CT molecular complexity index is 1610. The summed E-state index contributed by atoms with van der Waals surface area (Å²) in [6, 6.07) is 13.4. The van der Waals surface area contributed by atoms with Crippen molar-refractivity contribution in [2.45, 2.75) is 27.1 Å². The summed E-state index contributed by atoms with van der Waals surface area (Å²) in [5.74, 6) is -3.64. The number of nitrogens with one attached hydrogen (secondary N) is 2. The lowest BCUT2D eigenvalue weighted by molar-refractivity contribution is -0.192. The van der Waals surface area contributed by atoms with E-state index in [0.717, 1.165) is 17.3 Å². The van der Waals surface area contributed by atoms with Gasteiger partial charge in [-0.2, -0.15) is 13.2 Å². The zero-order valence-electron chi connectivity index (χ0n) is 21.9. The molecular formula is C25H25F3N4O6S4. The molecule has 17 heteroatoms. The number of carbonyl (C=O) groups is 3. The van der Waals surface area contributed by atoms with Gasteiger partial charge in [-0.15, -0.1) is 34.9 Å². The third-order valence-corrected chi connectivity index (χ3v) is 10.4. The van der Waals surface area contributed by atoms with E-state index in [4.69, 9.17) is 26.8 Å². The van der Waals surface area contributed by atoms with Crippen molar-refractivity contribution in [3.63, 3.8) is 0 Å². The van der Waals surface area contributed by atoms with Crippen molar-refractivity contribution in [2.24, 2.45) is 11.5 Å². The highest BCUT2D eigenvalue weighted by Crippen LogP contribution is 2.39. The first-order valence-electron chi connectivity index (χ1n) is 11.4. The predicted molar refractivity (Wildman–Crippen MR) is 158 cm³/mol. The molecule has 0 aliphatic heterocycles. The zero-order valence-corrected chi connectivity index (χ0v) is 25.2. The number of sulfone groups is 1. The molecule has 0 bridgehead atoms. The van der Waals surface area contributed by atoms with Crippen LogP contribution in [0.5, 0.6) is 0 Å². The van der Waals surface area contributed by atoms with Crippen molar-refractivity contribution in [3.8, 4) is 11.1 Å². The van der Waals surface area contributed by atoms with Gasteiger partial charge in [0.15, 0.2) is 0 Å². The number of nitrogen functional groups attached to an aromatic ring is 1. The number of aryl methyl sites for hydroxylation is 1. The highest BCUT2D eigenvalue weighted by molar-refractivity contribution is 8.01. The summed E-state index contributed by atoms with van der Waals surface area (Å²) >= 11 is 3.56. The molecule has 0 unspecified atom stereocenters. The second-order valence-electron chi connectivity index (χ2n) is 8.22. The molecule has 10 nitrogen and oxygen atoms in total. The van der Waals surface area contributed by atoms with Crippen LogP contribution >= 0.6 is 34.9 Å². The number of alkyl halides is 3. The molecule has 0 radical (unpaired) electrons. The normalized spacial score (nSPS) is 11.3. The monoisotopic (exact) mass is 662 g/mol. The van der Waals surface area contributed by atoms with Gasteiger partial charge >= 0.3 is 12.1 Å². The van der Waals surface area contributed by atoms with Crippen LogP contribution in [0.4, 0.5) is 18.9 Å². The number of hydrogen-bond donors (Lipinski definition) is 5. The fourth-order valence-electron chi connectivity index (χ4n) is 3.35. The molecule has 0 saturated carbocycles. The van der Waals surface area contributed by atoms with E-state index in [0.29, 0.717) is 25.9 Å². The second-order valence-corrected chi connectivity index (χ2v) is 13.2. The summed E-state index contributed by atoms with van der Waals surface area (Å²) in [5.41, 5.74) is 13.4. The first-order valence-corrected chi connectivity index (χ1v) is 16.1. The standard InChI is InChI=1S/C23H24N4O4S4.C2HF3O2/c1-13-5-3-8-16(27-20(29)12-33-11-19(24)28)21(13)14-6-4-7-15(9-14)35(30,31)18-10-17(22(25)26)34-23(18)32-2;3-2(4,5)1(6)7/h3-10H,11-12H2,1-2H3,(H2,24,28)(H3,25,26)(H,27,29);(H,6,7). The number of amides is 2. The van der Waals surface area contributed by atoms with Crippen molar-refractivity contribution >= 4 is 74.0 Å². The molecule has 42 heavy (non-hydrogen) atoms. The van der Waals surface area contributed by atoms with Gasteiger partial charge in [0.05, 0.1) is 30.4 Å². The first-order chi connectivity index (χ1) is 19.5. The molecular weight excluding hydrogens is 638 g/mol. The van der Waals surface area contributed by atoms with E-state index in [1.807, 2.05) is 13.0 Å². The van der Waals surface area contributed by atoms with Gasteiger partial charge < -0.3 is 21.9 Å². The lowest BCUT2D eigenvalue weighted by atomic mass is 9.98. The number of aliphatic carboxylic acids is 1. The van der Waals surface area contributed by atoms with E-state index in [-0.39, 0.29) is 33.0 Å². The van der Waals surface area contributed by atoms with Gasteiger partial charge in [-0.25, -0.2) is 13.2 Å². The molecule has 0 fully saturated rings. The zero-order chi connectivity index (χ0) is 31.8. The molecule has 1 heterocycles. The maximum absolute atomic E-state index is 13.5. The highest BCUT2D eigenvalue weighted by Gasteiger charge is 2.38. The number of rotatable bonds is 10. The fraction of sp³-hybridized carbons (Fsp3) is 0.200. The van der Waals surface area contributed by atoms with Gasteiger partial charge in [0.25, 0.3) is 0 Å². The molecule has 2 aromatic carbocycles. The van der Waals surface area contributed by atoms with E-state index < -0.39 is 27.9 Å². The summed E-state index contributed by atoms with van der Waals surface area (Å²) in [5, 5.41) is 17.6. The van der Waals surface area contributed by atoms with Crippen molar-refractivity contribution in [1.82, 2.24) is 0 Å². The number of carboxylic acid groups (broad SMARTS) is 1. The number of primary amides is 1. The molecule has 7 N–H and O–H groups in total. The molecule has 3 aromatic rings. The van der Waals surface area contributed by atoms with Crippen LogP contribution in [0.25, 0.3) is 11.1 Å².